The normalized spacial score (nSPS) is 22.8. The molecule has 21 heavy (non-hydrogen) atoms. The molecule has 0 aromatic heterocycles. The van der Waals surface area contributed by atoms with Crippen LogP contribution in [0.4, 0.5) is 5.69 Å². The van der Waals surface area contributed by atoms with Crippen LogP contribution in [0.25, 0.3) is 0 Å². The first-order valence-electron chi connectivity index (χ1n) is 7.04. The molecule has 1 aromatic rings. The van der Waals surface area contributed by atoms with Gasteiger partial charge in [-0.1, -0.05) is 18.9 Å². The molecule has 1 fully saturated rings. The number of nitrogens with one attached hydrogen (secondary N) is 2. The standard InChI is InChI=1S/C14H21N3O3S/c1-16-21(19,20)11-6-4-5-10(9-11)17-14(18)12-7-2-3-8-13(12)15/h4-6,9,12-13,16H,2-3,7-8,15H2,1H3,(H,17,18). The lowest BCUT2D eigenvalue weighted by Crippen LogP contribution is -2.40. The van der Waals surface area contributed by atoms with Crippen LogP contribution < -0.4 is 15.8 Å². The van der Waals surface area contributed by atoms with Crippen molar-refractivity contribution in [2.75, 3.05) is 12.4 Å². The Labute approximate surface area is 125 Å². The molecule has 2 unspecified atom stereocenters. The first kappa shape index (κ1) is 15.9. The predicted octanol–water partition coefficient (Wildman–Crippen LogP) is 1.05. The highest BCUT2D eigenvalue weighted by Crippen LogP contribution is 2.25. The van der Waals surface area contributed by atoms with Crippen molar-refractivity contribution in [2.45, 2.75) is 36.6 Å². The Hall–Kier alpha value is -1.44. The van der Waals surface area contributed by atoms with Crippen molar-refractivity contribution < 1.29 is 13.2 Å². The van der Waals surface area contributed by atoms with E-state index in [0.717, 1.165) is 25.7 Å². The van der Waals surface area contributed by atoms with Gasteiger partial charge in [-0.05, 0) is 38.1 Å². The third-order valence-corrected chi connectivity index (χ3v) is 5.25. The molecule has 1 aromatic carbocycles. The number of carbonyl (C=O) groups excluding carboxylic acids is 1. The second kappa shape index (κ2) is 6.55. The molecule has 6 nitrogen and oxygen atoms in total. The summed E-state index contributed by atoms with van der Waals surface area (Å²) in [5.41, 5.74) is 6.45. The highest BCUT2D eigenvalue weighted by molar-refractivity contribution is 7.89. The van der Waals surface area contributed by atoms with Crippen LogP contribution in [0.15, 0.2) is 29.2 Å². The minimum absolute atomic E-state index is 0.121. The Morgan fingerprint density at radius 1 is 1.29 bits per heavy atom. The molecule has 4 N–H and O–H groups in total. The Morgan fingerprint density at radius 2 is 2.00 bits per heavy atom. The maximum atomic E-state index is 12.3. The topological polar surface area (TPSA) is 101 Å². The zero-order chi connectivity index (χ0) is 15.5. The van der Waals surface area contributed by atoms with Crippen LogP contribution in [-0.4, -0.2) is 27.4 Å². The van der Waals surface area contributed by atoms with Crippen molar-refractivity contribution in [3.8, 4) is 0 Å². The fourth-order valence-corrected chi connectivity index (χ4v) is 3.35. The van der Waals surface area contributed by atoms with Crippen LogP contribution in [0.2, 0.25) is 0 Å². The minimum atomic E-state index is -3.52. The summed E-state index contributed by atoms with van der Waals surface area (Å²) in [6.45, 7) is 0. The van der Waals surface area contributed by atoms with Crippen molar-refractivity contribution in [1.82, 2.24) is 4.72 Å². The summed E-state index contributed by atoms with van der Waals surface area (Å²) in [6.07, 6.45) is 3.69. The molecule has 0 aliphatic heterocycles. The molecule has 1 aliphatic rings. The molecule has 0 bridgehead atoms. The van der Waals surface area contributed by atoms with Crippen LogP contribution in [0.5, 0.6) is 0 Å². The van der Waals surface area contributed by atoms with Crippen molar-refractivity contribution >= 4 is 21.6 Å². The predicted molar refractivity (Wildman–Crippen MR) is 81.3 cm³/mol. The van der Waals surface area contributed by atoms with Crippen LogP contribution in [0, 0.1) is 5.92 Å². The van der Waals surface area contributed by atoms with Gasteiger partial charge in [-0.2, -0.15) is 0 Å². The van der Waals surface area contributed by atoms with Gasteiger partial charge in [0.2, 0.25) is 15.9 Å². The lowest BCUT2D eigenvalue weighted by Gasteiger charge is -2.27. The zero-order valence-electron chi connectivity index (χ0n) is 12.0. The van der Waals surface area contributed by atoms with E-state index in [1.165, 1.54) is 19.2 Å². The SMILES string of the molecule is CNS(=O)(=O)c1cccc(NC(=O)C2CCCCC2N)c1. The van der Waals surface area contributed by atoms with Gasteiger partial charge in [-0.3, -0.25) is 4.79 Å². The van der Waals surface area contributed by atoms with Gasteiger partial charge in [0.05, 0.1) is 10.8 Å². The molecular formula is C14H21N3O3S. The summed E-state index contributed by atoms with van der Waals surface area (Å²) >= 11 is 0. The lowest BCUT2D eigenvalue weighted by atomic mass is 9.84. The highest BCUT2D eigenvalue weighted by Gasteiger charge is 2.28. The van der Waals surface area contributed by atoms with E-state index in [4.69, 9.17) is 5.73 Å². The van der Waals surface area contributed by atoms with E-state index in [-0.39, 0.29) is 22.8 Å². The average Bonchev–Trinajstić information content (AvgIpc) is 2.48. The molecule has 0 radical (unpaired) electrons. The Balaban J connectivity index is 2.13. The van der Waals surface area contributed by atoms with Gasteiger partial charge < -0.3 is 11.1 Å². The third kappa shape index (κ3) is 3.81. The van der Waals surface area contributed by atoms with Gasteiger partial charge in [0.25, 0.3) is 0 Å². The highest BCUT2D eigenvalue weighted by atomic mass is 32.2. The molecule has 1 saturated carbocycles. The van der Waals surface area contributed by atoms with Gasteiger partial charge in [-0.25, -0.2) is 13.1 Å². The Kier molecular flexibility index (Phi) is 4.97. The maximum Gasteiger partial charge on any atom is 0.240 e. The number of hydrogen-bond acceptors (Lipinski definition) is 4. The van der Waals surface area contributed by atoms with Crippen LogP contribution >= 0.6 is 0 Å². The first-order valence-corrected chi connectivity index (χ1v) is 8.52. The summed E-state index contributed by atoms with van der Waals surface area (Å²) < 4.78 is 25.7. The molecule has 2 atom stereocenters. The van der Waals surface area contributed by atoms with Crippen LogP contribution in [-0.2, 0) is 14.8 Å². The smallest absolute Gasteiger partial charge is 0.240 e. The van der Waals surface area contributed by atoms with E-state index in [9.17, 15) is 13.2 Å². The van der Waals surface area contributed by atoms with Crippen molar-refractivity contribution in [1.29, 1.82) is 0 Å². The lowest BCUT2D eigenvalue weighted by molar-refractivity contribution is -0.121. The zero-order valence-corrected chi connectivity index (χ0v) is 12.8. The largest absolute Gasteiger partial charge is 0.327 e. The van der Waals surface area contributed by atoms with Crippen molar-refractivity contribution in [3.05, 3.63) is 24.3 Å². The molecule has 0 spiro atoms. The van der Waals surface area contributed by atoms with Crippen molar-refractivity contribution in [3.63, 3.8) is 0 Å². The van der Waals surface area contributed by atoms with E-state index in [0.29, 0.717) is 5.69 Å². The van der Waals surface area contributed by atoms with E-state index in [1.807, 2.05) is 0 Å². The monoisotopic (exact) mass is 311 g/mol. The van der Waals surface area contributed by atoms with Gasteiger partial charge in [0.1, 0.15) is 0 Å². The summed E-state index contributed by atoms with van der Waals surface area (Å²) in [4.78, 5) is 12.4. The Morgan fingerprint density at radius 3 is 2.67 bits per heavy atom. The van der Waals surface area contributed by atoms with E-state index < -0.39 is 10.0 Å². The molecule has 116 valence electrons. The number of amides is 1. The fourth-order valence-electron chi connectivity index (χ4n) is 2.58. The second-order valence-corrected chi connectivity index (χ2v) is 7.17. The number of carbonyl (C=O) groups is 1. The minimum Gasteiger partial charge on any atom is -0.327 e. The van der Waals surface area contributed by atoms with Gasteiger partial charge in [0, 0.05) is 11.7 Å². The number of benzene rings is 1. The van der Waals surface area contributed by atoms with E-state index in [1.54, 1.807) is 12.1 Å². The second-order valence-electron chi connectivity index (χ2n) is 5.28. The average molecular weight is 311 g/mol. The Bertz CT molecular complexity index is 616. The van der Waals surface area contributed by atoms with E-state index >= 15 is 0 Å². The first-order chi connectivity index (χ1) is 9.94. The van der Waals surface area contributed by atoms with Crippen LogP contribution in [0.3, 0.4) is 0 Å². The summed E-state index contributed by atoms with van der Waals surface area (Å²) in [5.74, 6) is -0.343. The number of sulfonamides is 1. The van der Waals surface area contributed by atoms with Gasteiger partial charge >= 0.3 is 0 Å². The summed E-state index contributed by atoms with van der Waals surface area (Å²) in [5, 5.41) is 2.77. The summed E-state index contributed by atoms with van der Waals surface area (Å²) in [7, 11) is -2.17. The number of anilines is 1. The fraction of sp³-hybridized carbons (Fsp3) is 0.500. The van der Waals surface area contributed by atoms with Crippen molar-refractivity contribution in [2.24, 2.45) is 11.7 Å². The van der Waals surface area contributed by atoms with Gasteiger partial charge in [-0.15, -0.1) is 0 Å². The maximum absolute atomic E-state index is 12.3. The van der Waals surface area contributed by atoms with Crippen LogP contribution in [0.1, 0.15) is 25.7 Å². The quantitative estimate of drug-likeness (QED) is 0.773. The summed E-state index contributed by atoms with van der Waals surface area (Å²) in [6, 6.07) is 6.07. The van der Waals surface area contributed by atoms with Gasteiger partial charge in [0.15, 0.2) is 0 Å². The number of rotatable bonds is 4. The molecule has 7 heteroatoms. The van der Waals surface area contributed by atoms with E-state index in [2.05, 4.69) is 10.0 Å². The molecule has 0 saturated heterocycles. The molecule has 1 aliphatic carbocycles. The molecule has 0 heterocycles. The molecular weight excluding hydrogens is 290 g/mol. The number of nitrogens with two attached hydrogens (primary N) is 1. The molecule has 1 amide bonds. The molecule has 2 rings (SSSR count). The third-order valence-electron chi connectivity index (χ3n) is 3.84. The number of hydrogen-bond donors (Lipinski definition) is 3.